The molecule has 7 heteroatoms. The number of carbonyl (C=O) groups excluding carboxylic acids is 1. The van der Waals surface area contributed by atoms with Crippen LogP contribution in [0.4, 0.5) is 5.82 Å². The second-order valence-corrected chi connectivity index (χ2v) is 6.81. The molecule has 0 amide bonds. The van der Waals surface area contributed by atoms with E-state index < -0.39 is 37.3 Å². The van der Waals surface area contributed by atoms with Gasteiger partial charge in [-0.3, -0.25) is 4.79 Å². The zero-order chi connectivity index (χ0) is 27.7. The van der Waals surface area contributed by atoms with Crippen molar-refractivity contribution in [1.29, 1.82) is 0 Å². The number of nitrogens with zero attached hydrogens (tertiary/aromatic N) is 6. The molecule has 0 radical (unpaired) electrons. The maximum atomic E-state index is 13.1. The standard InChI is InChI=1S/C23H22N6O/c1-28-15-24-14-21(28)16-4-5-20-18(10-16)11-19(26-27-20)13-22(30)17-6-7-25-23(12-17)29-8-2-3-9-29/h4-7,10-12,14-15H,2-3,8-9,13H2,1H3/i2D2,3D2,8D2,9D2. The molecular weight excluding hydrogens is 376 g/mol. The minimum Gasteiger partial charge on any atom is -0.357 e. The SMILES string of the molecule is [2H]C1([2H])N(c2cc(C(=O)Cc3cc4cc(-c5cncn5C)ccc4nn3)ccn2)C([2H])([2H])C([2H])([2H])C1([2H])[2H]. The summed E-state index contributed by atoms with van der Waals surface area (Å²) in [6.45, 7) is -6.19. The lowest BCUT2D eigenvalue weighted by Gasteiger charge is -2.16. The lowest BCUT2D eigenvalue weighted by atomic mass is 10.0. The van der Waals surface area contributed by atoms with Gasteiger partial charge >= 0.3 is 0 Å². The van der Waals surface area contributed by atoms with Crippen molar-refractivity contribution in [3.05, 3.63) is 66.4 Å². The van der Waals surface area contributed by atoms with Crippen LogP contribution in [-0.4, -0.2) is 43.5 Å². The number of benzene rings is 1. The zero-order valence-corrected chi connectivity index (χ0v) is 16.0. The van der Waals surface area contributed by atoms with E-state index in [0.29, 0.717) is 16.1 Å². The highest BCUT2D eigenvalue weighted by molar-refractivity contribution is 5.98. The fourth-order valence-corrected chi connectivity index (χ4v) is 3.26. The summed E-state index contributed by atoms with van der Waals surface area (Å²) in [6, 6.07) is 9.87. The molecule has 1 aromatic carbocycles. The molecule has 30 heavy (non-hydrogen) atoms. The number of pyridine rings is 1. The Labute approximate surface area is 185 Å². The van der Waals surface area contributed by atoms with Crippen LogP contribution in [0, 0.1) is 0 Å². The third kappa shape index (κ3) is 3.54. The molecule has 0 bridgehead atoms. The van der Waals surface area contributed by atoms with E-state index in [2.05, 4.69) is 20.2 Å². The minimum absolute atomic E-state index is 0.0557. The molecule has 150 valence electrons. The third-order valence-electron chi connectivity index (χ3n) is 4.78. The molecule has 1 saturated heterocycles. The zero-order valence-electron chi connectivity index (χ0n) is 24.0. The Morgan fingerprint density at radius 2 is 2.00 bits per heavy atom. The summed E-state index contributed by atoms with van der Waals surface area (Å²) >= 11 is 0. The summed E-state index contributed by atoms with van der Waals surface area (Å²) in [5, 5.41) is 9.09. The van der Waals surface area contributed by atoms with Crippen molar-refractivity contribution in [2.75, 3.05) is 17.9 Å². The second kappa shape index (κ2) is 7.67. The molecule has 0 spiro atoms. The van der Waals surface area contributed by atoms with Gasteiger partial charge in [-0.25, -0.2) is 9.97 Å². The summed E-state index contributed by atoms with van der Waals surface area (Å²) in [4.78, 5) is 21.5. The predicted octanol–water partition coefficient (Wildman–Crippen LogP) is 3.45. The Hall–Kier alpha value is -3.61. The Morgan fingerprint density at radius 3 is 2.80 bits per heavy atom. The summed E-state index contributed by atoms with van der Waals surface area (Å²) in [5.41, 5.74) is 2.89. The smallest absolute Gasteiger partial charge is 0.169 e. The average Bonchev–Trinajstić information content (AvgIpc) is 3.31. The van der Waals surface area contributed by atoms with Crippen LogP contribution in [0.2, 0.25) is 0 Å². The third-order valence-corrected chi connectivity index (χ3v) is 4.78. The fourth-order valence-electron chi connectivity index (χ4n) is 3.26. The van der Waals surface area contributed by atoms with Gasteiger partial charge in [0.1, 0.15) is 5.82 Å². The van der Waals surface area contributed by atoms with Gasteiger partial charge in [0.15, 0.2) is 5.78 Å². The summed E-state index contributed by atoms with van der Waals surface area (Å²) in [5.74, 6) is -0.835. The number of imidazole rings is 1. The van der Waals surface area contributed by atoms with Crippen molar-refractivity contribution >= 4 is 22.5 Å². The van der Waals surface area contributed by atoms with Crippen LogP contribution in [0.15, 0.2) is 55.1 Å². The average molecular weight is 407 g/mol. The van der Waals surface area contributed by atoms with Gasteiger partial charge in [-0.05, 0) is 43.1 Å². The van der Waals surface area contributed by atoms with Crippen molar-refractivity contribution in [3.63, 3.8) is 0 Å². The van der Waals surface area contributed by atoms with E-state index in [4.69, 9.17) is 11.0 Å². The van der Waals surface area contributed by atoms with E-state index in [-0.39, 0.29) is 12.0 Å². The molecule has 1 aliphatic rings. The molecule has 5 rings (SSSR count). The van der Waals surface area contributed by atoms with Gasteiger partial charge in [-0.15, -0.1) is 0 Å². The number of hydrogen-bond acceptors (Lipinski definition) is 6. The van der Waals surface area contributed by atoms with Gasteiger partial charge < -0.3 is 9.47 Å². The number of carbonyl (C=O) groups is 1. The first kappa shape index (κ1) is 11.5. The first-order chi connectivity index (χ1) is 17.7. The van der Waals surface area contributed by atoms with Gasteiger partial charge in [0.05, 0.1) is 35.8 Å². The number of ketones is 1. The van der Waals surface area contributed by atoms with Crippen molar-refractivity contribution in [2.45, 2.75) is 19.2 Å². The van der Waals surface area contributed by atoms with Crippen molar-refractivity contribution in [2.24, 2.45) is 7.05 Å². The van der Waals surface area contributed by atoms with Crippen molar-refractivity contribution in [1.82, 2.24) is 24.7 Å². The molecule has 0 N–H and O–H groups in total. The number of aromatic nitrogens is 5. The van der Waals surface area contributed by atoms with Crippen LogP contribution in [0.25, 0.3) is 22.2 Å². The Balaban J connectivity index is 1.45. The summed E-state index contributed by atoms with van der Waals surface area (Å²) in [6.07, 6.45) is -1.98. The number of hydrogen-bond donors (Lipinski definition) is 0. The highest BCUT2D eigenvalue weighted by Gasteiger charge is 2.16. The molecule has 0 atom stereocenters. The van der Waals surface area contributed by atoms with Crippen LogP contribution < -0.4 is 4.90 Å². The normalized spacial score (nSPS) is 24.5. The first-order valence-electron chi connectivity index (χ1n) is 13.2. The Bertz CT molecular complexity index is 1540. The molecule has 4 aromatic rings. The maximum Gasteiger partial charge on any atom is 0.169 e. The topological polar surface area (TPSA) is 76.8 Å². The number of rotatable bonds is 5. The van der Waals surface area contributed by atoms with Gasteiger partial charge in [0.25, 0.3) is 0 Å². The molecule has 4 heterocycles. The number of aryl methyl sites for hydroxylation is 1. The van der Waals surface area contributed by atoms with Gasteiger partial charge in [-0.2, -0.15) is 10.2 Å². The predicted molar refractivity (Wildman–Crippen MR) is 115 cm³/mol. The highest BCUT2D eigenvalue weighted by Crippen LogP contribution is 2.24. The van der Waals surface area contributed by atoms with Gasteiger partial charge in [0, 0.05) is 53.7 Å². The lowest BCUT2D eigenvalue weighted by molar-refractivity contribution is 0.0991. The van der Waals surface area contributed by atoms with Gasteiger partial charge in [-0.1, -0.05) is 6.07 Å². The van der Waals surface area contributed by atoms with E-state index in [1.807, 2.05) is 29.8 Å². The Morgan fingerprint density at radius 1 is 1.13 bits per heavy atom. The summed E-state index contributed by atoms with van der Waals surface area (Å²) in [7, 11) is 1.88. The molecular formula is C23H22N6O. The van der Waals surface area contributed by atoms with Crippen molar-refractivity contribution in [3.8, 4) is 11.3 Å². The molecule has 0 aliphatic carbocycles. The minimum atomic E-state index is -3.21. The quantitative estimate of drug-likeness (QED) is 0.473. The number of fused-ring (bicyclic) bond motifs is 1. The second-order valence-electron chi connectivity index (χ2n) is 6.81. The largest absolute Gasteiger partial charge is 0.357 e. The van der Waals surface area contributed by atoms with E-state index in [0.717, 1.165) is 22.7 Å². The number of Topliss-reactive ketones (excluding diaryl/α,β-unsaturated/α-hetero) is 1. The molecule has 0 saturated carbocycles. The first-order valence-corrected chi connectivity index (χ1v) is 9.21. The van der Waals surface area contributed by atoms with Crippen LogP contribution in [0.5, 0.6) is 0 Å². The molecule has 3 aromatic heterocycles. The van der Waals surface area contributed by atoms with E-state index >= 15 is 0 Å². The number of anilines is 1. The van der Waals surface area contributed by atoms with Crippen LogP contribution in [0.1, 0.15) is 39.8 Å². The fraction of sp³-hybridized carbons (Fsp3) is 0.261. The molecule has 7 nitrogen and oxygen atoms in total. The van der Waals surface area contributed by atoms with Crippen molar-refractivity contribution < 1.29 is 15.8 Å². The lowest BCUT2D eigenvalue weighted by Crippen LogP contribution is -2.19. The molecule has 1 fully saturated rings. The molecule has 0 unspecified atom stereocenters. The monoisotopic (exact) mass is 406 g/mol. The maximum absolute atomic E-state index is 13.1. The molecule has 1 aliphatic heterocycles. The van der Waals surface area contributed by atoms with Crippen LogP contribution in [0.3, 0.4) is 0 Å². The van der Waals surface area contributed by atoms with E-state index in [1.165, 1.54) is 12.3 Å². The van der Waals surface area contributed by atoms with Crippen LogP contribution in [-0.2, 0) is 13.5 Å². The Kier molecular flexibility index (Phi) is 2.95. The summed E-state index contributed by atoms with van der Waals surface area (Å²) < 4.78 is 66.6. The van der Waals surface area contributed by atoms with E-state index in [9.17, 15) is 4.79 Å². The van der Waals surface area contributed by atoms with Crippen LogP contribution >= 0.6 is 0 Å². The van der Waals surface area contributed by atoms with E-state index in [1.54, 1.807) is 18.6 Å². The highest BCUT2D eigenvalue weighted by atomic mass is 16.1. The van der Waals surface area contributed by atoms with Gasteiger partial charge in [0.2, 0.25) is 0 Å².